The van der Waals surface area contributed by atoms with Crippen molar-refractivity contribution in [2.75, 3.05) is 24.3 Å². The van der Waals surface area contributed by atoms with Crippen molar-refractivity contribution in [2.45, 2.75) is 18.4 Å². The summed E-state index contributed by atoms with van der Waals surface area (Å²) in [7, 11) is 0. The SMILES string of the molecule is Fc1cc(NC2=NC3(CCOCC3)CS2)ccc1Cl. The molecule has 0 radical (unpaired) electrons. The van der Waals surface area contributed by atoms with Crippen LogP contribution < -0.4 is 5.32 Å². The Kier molecular flexibility index (Phi) is 3.69. The number of halogens is 2. The average Bonchev–Trinajstić information content (AvgIpc) is 2.78. The van der Waals surface area contributed by atoms with Crippen molar-refractivity contribution in [1.29, 1.82) is 0 Å². The lowest BCUT2D eigenvalue weighted by Gasteiger charge is -2.29. The fourth-order valence-electron chi connectivity index (χ4n) is 2.25. The van der Waals surface area contributed by atoms with Crippen molar-refractivity contribution in [3.8, 4) is 0 Å². The molecule has 0 saturated carbocycles. The van der Waals surface area contributed by atoms with Crippen molar-refractivity contribution in [2.24, 2.45) is 4.99 Å². The summed E-state index contributed by atoms with van der Waals surface area (Å²) in [5, 5.41) is 4.14. The number of rotatable bonds is 1. The highest BCUT2D eigenvalue weighted by molar-refractivity contribution is 8.14. The summed E-state index contributed by atoms with van der Waals surface area (Å²) in [4.78, 5) is 4.76. The number of hydrogen-bond acceptors (Lipinski definition) is 4. The van der Waals surface area contributed by atoms with E-state index in [2.05, 4.69) is 5.32 Å². The van der Waals surface area contributed by atoms with Crippen LogP contribution >= 0.6 is 23.4 Å². The van der Waals surface area contributed by atoms with E-state index >= 15 is 0 Å². The molecule has 1 fully saturated rings. The first kappa shape index (κ1) is 13.2. The molecule has 0 atom stereocenters. The van der Waals surface area contributed by atoms with Gasteiger partial charge in [-0.1, -0.05) is 23.4 Å². The second-order valence-electron chi connectivity index (χ2n) is 4.80. The number of benzene rings is 1. The van der Waals surface area contributed by atoms with Gasteiger partial charge in [0.1, 0.15) is 5.82 Å². The van der Waals surface area contributed by atoms with E-state index in [-0.39, 0.29) is 10.6 Å². The van der Waals surface area contributed by atoms with E-state index in [1.165, 1.54) is 6.07 Å². The Morgan fingerprint density at radius 2 is 2.16 bits per heavy atom. The Morgan fingerprint density at radius 3 is 2.89 bits per heavy atom. The number of thioether (sulfide) groups is 1. The minimum atomic E-state index is -0.420. The van der Waals surface area contributed by atoms with Crippen LogP contribution in [0.3, 0.4) is 0 Å². The van der Waals surface area contributed by atoms with E-state index in [1.54, 1.807) is 23.9 Å². The summed E-state index contributed by atoms with van der Waals surface area (Å²) >= 11 is 7.34. The van der Waals surface area contributed by atoms with Crippen molar-refractivity contribution in [3.05, 3.63) is 29.0 Å². The molecule has 102 valence electrons. The molecule has 0 aromatic heterocycles. The fraction of sp³-hybridized carbons (Fsp3) is 0.462. The van der Waals surface area contributed by atoms with E-state index in [0.29, 0.717) is 5.69 Å². The minimum absolute atomic E-state index is 0.0101. The molecule has 2 heterocycles. The minimum Gasteiger partial charge on any atom is -0.381 e. The zero-order valence-electron chi connectivity index (χ0n) is 10.3. The van der Waals surface area contributed by atoms with Gasteiger partial charge in [0.15, 0.2) is 5.17 Å². The zero-order chi connectivity index (χ0) is 13.3. The van der Waals surface area contributed by atoms with Gasteiger partial charge in [-0.2, -0.15) is 0 Å². The molecule has 0 amide bonds. The van der Waals surface area contributed by atoms with Gasteiger partial charge in [-0.3, -0.25) is 4.99 Å². The van der Waals surface area contributed by atoms with Crippen LogP contribution in [0.2, 0.25) is 5.02 Å². The van der Waals surface area contributed by atoms with Crippen LogP contribution in [0, 0.1) is 5.82 Å². The number of aliphatic imine (C=N–C) groups is 1. The first-order chi connectivity index (χ1) is 9.17. The number of nitrogens with one attached hydrogen (secondary N) is 1. The molecule has 1 aromatic carbocycles. The molecule has 3 nitrogen and oxygen atoms in total. The van der Waals surface area contributed by atoms with E-state index in [4.69, 9.17) is 21.3 Å². The Morgan fingerprint density at radius 1 is 1.37 bits per heavy atom. The maximum absolute atomic E-state index is 13.4. The van der Waals surface area contributed by atoms with Crippen LogP contribution in [0.5, 0.6) is 0 Å². The van der Waals surface area contributed by atoms with Gasteiger partial charge in [0.2, 0.25) is 0 Å². The van der Waals surface area contributed by atoms with Crippen LogP contribution in [0.25, 0.3) is 0 Å². The molecule has 19 heavy (non-hydrogen) atoms. The zero-order valence-corrected chi connectivity index (χ0v) is 11.9. The van der Waals surface area contributed by atoms with Crippen LogP contribution in [0.4, 0.5) is 10.1 Å². The molecular formula is C13H14ClFN2OS. The van der Waals surface area contributed by atoms with E-state index in [0.717, 1.165) is 37.0 Å². The average molecular weight is 301 g/mol. The van der Waals surface area contributed by atoms with Crippen LogP contribution in [-0.2, 0) is 4.74 Å². The summed E-state index contributed by atoms with van der Waals surface area (Å²) in [5.74, 6) is 0.547. The molecule has 1 saturated heterocycles. The number of nitrogens with zero attached hydrogens (tertiary/aromatic N) is 1. The molecule has 2 aliphatic heterocycles. The normalized spacial score (nSPS) is 21.5. The maximum atomic E-state index is 13.4. The summed E-state index contributed by atoms with van der Waals surface area (Å²) < 4.78 is 18.7. The van der Waals surface area contributed by atoms with Crippen LogP contribution in [0.1, 0.15) is 12.8 Å². The van der Waals surface area contributed by atoms with E-state index < -0.39 is 5.82 Å². The monoisotopic (exact) mass is 300 g/mol. The lowest BCUT2D eigenvalue weighted by Crippen LogP contribution is -2.34. The van der Waals surface area contributed by atoms with Gasteiger partial charge in [-0.15, -0.1) is 0 Å². The van der Waals surface area contributed by atoms with Crippen molar-refractivity contribution in [3.63, 3.8) is 0 Å². The van der Waals surface area contributed by atoms with Gasteiger partial charge >= 0.3 is 0 Å². The van der Waals surface area contributed by atoms with Gasteiger partial charge in [0.25, 0.3) is 0 Å². The van der Waals surface area contributed by atoms with Gasteiger partial charge in [-0.25, -0.2) is 4.39 Å². The molecule has 0 aliphatic carbocycles. The molecule has 0 unspecified atom stereocenters. The summed E-state index contributed by atoms with van der Waals surface area (Å²) in [6, 6.07) is 4.69. The van der Waals surface area contributed by atoms with Crippen LogP contribution in [-0.4, -0.2) is 29.7 Å². The van der Waals surface area contributed by atoms with Gasteiger partial charge in [0.05, 0.1) is 10.6 Å². The maximum Gasteiger partial charge on any atom is 0.161 e. The van der Waals surface area contributed by atoms with Crippen molar-refractivity contribution >= 4 is 34.2 Å². The Bertz CT molecular complexity index is 517. The molecule has 0 bridgehead atoms. The highest BCUT2D eigenvalue weighted by Gasteiger charge is 2.37. The molecule has 2 aliphatic rings. The second kappa shape index (κ2) is 5.31. The third-order valence-corrected chi connectivity index (χ3v) is 4.87. The molecule has 3 rings (SSSR count). The van der Waals surface area contributed by atoms with Gasteiger partial charge in [-0.05, 0) is 31.0 Å². The quantitative estimate of drug-likeness (QED) is 0.861. The first-order valence-electron chi connectivity index (χ1n) is 6.19. The smallest absolute Gasteiger partial charge is 0.161 e. The number of amidine groups is 1. The Balaban J connectivity index is 1.73. The predicted molar refractivity (Wildman–Crippen MR) is 77.7 cm³/mol. The molecule has 6 heteroatoms. The first-order valence-corrected chi connectivity index (χ1v) is 7.56. The van der Waals surface area contributed by atoms with Gasteiger partial charge in [0, 0.05) is 24.7 Å². The summed E-state index contributed by atoms with van der Waals surface area (Å²) in [5.41, 5.74) is 0.688. The molecular weight excluding hydrogens is 287 g/mol. The highest BCUT2D eigenvalue weighted by Crippen LogP contribution is 2.36. The highest BCUT2D eigenvalue weighted by atomic mass is 35.5. The lowest BCUT2D eigenvalue weighted by atomic mass is 9.93. The predicted octanol–water partition coefficient (Wildman–Crippen LogP) is 3.54. The van der Waals surface area contributed by atoms with Gasteiger partial charge < -0.3 is 10.1 Å². The third-order valence-electron chi connectivity index (χ3n) is 3.41. The summed E-state index contributed by atoms with van der Waals surface area (Å²) in [6.07, 6.45) is 1.92. The molecule has 1 N–H and O–H groups in total. The topological polar surface area (TPSA) is 33.6 Å². The number of anilines is 1. The fourth-order valence-corrected chi connectivity index (χ4v) is 3.58. The largest absolute Gasteiger partial charge is 0.381 e. The van der Waals surface area contributed by atoms with E-state index in [9.17, 15) is 4.39 Å². The van der Waals surface area contributed by atoms with E-state index in [1.807, 2.05) is 0 Å². The lowest BCUT2D eigenvalue weighted by molar-refractivity contribution is 0.0624. The third kappa shape index (κ3) is 2.88. The second-order valence-corrected chi connectivity index (χ2v) is 6.17. The Hall–Kier alpha value is -0.780. The Labute approximate surface area is 120 Å². The number of ether oxygens (including phenoxy) is 1. The molecule has 1 aromatic rings. The molecule has 1 spiro atoms. The number of hydrogen-bond donors (Lipinski definition) is 1. The van der Waals surface area contributed by atoms with Crippen molar-refractivity contribution in [1.82, 2.24) is 0 Å². The van der Waals surface area contributed by atoms with Crippen LogP contribution in [0.15, 0.2) is 23.2 Å². The van der Waals surface area contributed by atoms with Crippen molar-refractivity contribution < 1.29 is 9.13 Å². The summed E-state index contributed by atoms with van der Waals surface area (Å²) in [6.45, 7) is 1.54. The standard InChI is InChI=1S/C13H14ClFN2OS/c14-10-2-1-9(7-11(10)15)16-12-17-13(8-19-12)3-5-18-6-4-13/h1-2,7H,3-6,8H2,(H,16,17).